The number of benzene rings is 2. The molecule has 102 valence electrons. The maximum atomic E-state index is 4.36. The summed E-state index contributed by atoms with van der Waals surface area (Å²) in [7, 11) is 0. The molecular weight excluding hydrogens is 274 g/mol. The zero-order valence-electron chi connectivity index (χ0n) is 11.8. The topological polar surface area (TPSA) is 12.0 Å². The zero-order valence-corrected chi connectivity index (χ0v) is 12.6. The Balaban J connectivity index is 2.07. The summed E-state index contributed by atoms with van der Waals surface area (Å²) in [5.74, 6) is 0. The van der Waals surface area contributed by atoms with Crippen molar-refractivity contribution in [2.45, 2.75) is 6.92 Å². The van der Waals surface area contributed by atoms with Gasteiger partial charge in [0.25, 0.3) is 0 Å². The van der Waals surface area contributed by atoms with Gasteiger partial charge in [0, 0.05) is 37.5 Å². The van der Waals surface area contributed by atoms with Gasteiger partial charge < -0.3 is 5.32 Å². The molecule has 0 fully saturated rings. The zero-order chi connectivity index (χ0) is 14.4. The number of anilines is 1. The molecule has 2 heterocycles. The van der Waals surface area contributed by atoms with Gasteiger partial charge in [-0.1, -0.05) is 43.0 Å². The molecule has 1 aliphatic rings. The summed E-state index contributed by atoms with van der Waals surface area (Å²) < 4.78 is 1.31. The number of rotatable bonds is 0. The second-order valence-corrected chi connectivity index (χ2v) is 6.37. The van der Waals surface area contributed by atoms with E-state index in [1.54, 1.807) is 0 Å². The highest BCUT2D eigenvalue weighted by Crippen LogP contribution is 2.42. The third kappa shape index (κ3) is 1.91. The van der Waals surface area contributed by atoms with Gasteiger partial charge in [-0.05, 0) is 30.7 Å². The average molecular weight is 289 g/mol. The molecule has 21 heavy (non-hydrogen) atoms. The molecule has 1 N–H and O–H groups in total. The fourth-order valence-electron chi connectivity index (χ4n) is 2.88. The molecule has 0 spiro atoms. The highest BCUT2D eigenvalue weighted by Gasteiger charge is 2.18. The van der Waals surface area contributed by atoms with Gasteiger partial charge in [0.1, 0.15) is 0 Å². The van der Waals surface area contributed by atoms with E-state index in [9.17, 15) is 0 Å². The van der Waals surface area contributed by atoms with E-state index in [-0.39, 0.29) is 0 Å². The van der Waals surface area contributed by atoms with Gasteiger partial charge in [0.2, 0.25) is 0 Å². The lowest BCUT2D eigenvalue weighted by Gasteiger charge is -2.17. The number of para-hydroxylation sites is 1. The average Bonchev–Trinajstić information content (AvgIpc) is 2.85. The molecule has 4 rings (SSSR count). The van der Waals surface area contributed by atoms with Gasteiger partial charge in [-0.2, -0.15) is 0 Å². The number of thiophene rings is 1. The number of nitrogens with one attached hydrogen (secondary N) is 1. The summed E-state index contributed by atoms with van der Waals surface area (Å²) in [6, 6.07) is 16.9. The molecule has 0 aliphatic carbocycles. The Labute approximate surface area is 128 Å². The van der Waals surface area contributed by atoms with Gasteiger partial charge in [0.05, 0.1) is 0 Å². The van der Waals surface area contributed by atoms with Crippen LogP contribution in [0.1, 0.15) is 22.9 Å². The van der Waals surface area contributed by atoms with Crippen LogP contribution in [0.2, 0.25) is 0 Å². The number of allylic oxidation sites excluding steroid dienone is 1. The highest BCUT2D eigenvalue weighted by molar-refractivity contribution is 7.20. The Hall–Kier alpha value is -2.32. The Kier molecular flexibility index (Phi) is 2.72. The second-order valence-electron chi connectivity index (χ2n) is 5.32. The Morgan fingerprint density at radius 3 is 2.67 bits per heavy atom. The SMILES string of the molecule is C=C1c2ccccc2N/C(C)=C\c2c1sc1ccccc21. The maximum Gasteiger partial charge on any atom is 0.0461 e. The lowest BCUT2D eigenvalue weighted by Crippen LogP contribution is -2.02. The van der Waals surface area contributed by atoms with Gasteiger partial charge >= 0.3 is 0 Å². The monoisotopic (exact) mass is 289 g/mol. The van der Waals surface area contributed by atoms with Crippen LogP contribution in [-0.4, -0.2) is 0 Å². The Morgan fingerprint density at radius 2 is 1.76 bits per heavy atom. The van der Waals surface area contributed by atoms with Gasteiger partial charge in [-0.25, -0.2) is 0 Å². The van der Waals surface area contributed by atoms with Gasteiger partial charge in [-0.3, -0.25) is 0 Å². The van der Waals surface area contributed by atoms with Crippen molar-refractivity contribution >= 4 is 38.8 Å². The lowest BCUT2D eigenvalue weighted by molar-refractivity contribution is 1.38. The van der Waals surface area contributed by atoms with Crippen LogP contribution in [0, 0.1) is 0 Å². The first-order valence-electron chi connectivity index (χ1n) is 6.99. The van der Waals surface area contributed by atoms with Crippen molar-refractivity contribution < 1.29 is 0 Å². The fraction of sp³-hybridized carbons (Fsp3) is 0.0526. The normalized spacial score (nSPS) is 16.2. The third-order valence-electron chi connectivity index (χ3n) is 3.85. The third-order valence-corrected chi connectivity index (χ3v) is 5.10. The first-order valence-corrected chi connectivity index (χ1v) is 7.81. The minimum atomic E-state index is 1.10. The van der Waals surface area contributed by atoms with E-state index in [1.807, 2.05) is 11.3 Å². The fourth-order valence-corrected chi connectivity index (χ4v) is 4.04. The largest absolute Gasteiger partial charge is 0.359 e. The van der Waals surface area contributed by atoms with E-state index in [0.717, 1.165) is 17.0 Å². The quantitative estimate of drug-likeness (QED) is 0.555. The van der Waals surface area contributed by atoms with Crippen molar-refractivity contribution in [1.29, 1.82) is 0 Å². The van der Waals surface area contributed by atoms with Crippen molar-refractivity contribution in [2.75, 3.05) is 5.32 Å². The van der Waals surface area contributed by atoms with Crippen LogP contribution < -0.4 is 5.32 Å². The molecule has 0 radical (unpaired) electrons. The minimum absolute atomic E-state index is 1.10. The summed E-state index contributed by atoms with van der Waals surface area (Å²) in [6.07, 6.45) is 2.23. The predicted octanol–water partition coefficient (Wildman–Crippen LogP) is 5.75. The number of hydrogen-bond acceptors (Lipinski definition) is 2. The smallest absolute Gasteiger partial charge is 0.0461 e. The second kappa shape index (κ2) is 4.61. The molecule has 2 heteroatoms. The van der Waals surface area contributed by atoms with Crippen LogP contribution in [-0.2, 0) is 0 Å². The molecule has 1 nitrogen and oxygen atoms in total. The van der Waals surface area contributed by atoms with Crippen LogP contribution in [0.4, 0.5) is 5.69 Å². The van der Waals surface area contributed by atoms with Crippen molar-refractivity contribution in [2.24, 2.45) is 0 Å². The van der Waals surface area contributed by atoms with E-state index in [4.69, 9.17) is 0 Å². The van der Waals surface area contributed by atoms with Crippen molar-refractivity contribution in [1.82, 2.24) is 0 Å². The molecule has 2 aromatic carbocycles. The lowest BCUT2D eigenvalue weighted by atomic mass is 9.97. The molecule has 0 amide bonds. The van der Waals surface area contributed by atoms with E-state index in [1.165, 1.54) is 26.1 Å². The number of fused-ring (bicyclic) bond motifs is 4. The molecule has 0 unspecified atom stereocenters. The maximum absolute atomic E-state index is 4.36. The van der Waals surface area contributed by atoms with E-state index in [2.05, 4.69) is 73.4 Å². The van der Waals surface area contributed by atoms with Crippen LogP contribution in [0.15, 0.2) is 60.8 Å². The van der Waals surface area contributed by atoms with E-state index < -0.39 is 0 Å². The molecule has 0 saturated carbocycles. The van der Waals surface area contributed by atoms with Crippen LogP contribution >= 0.6 is 11.3 Å². The summed E-state index contributed by atoms with van der Waals surface area (Å²) in [5, 5.41) is 4.80. The highest BCUT2D eigenvalue weighted by atomic mass is 32.1. The summed E-state index contributed by atoms with van der Waals surface area (Å²) >= 11 is 1.82. The van der Waals surface area contributed by atoms with E-state index in [0.29, 0.717) is 0 Å². The van der Waals surface area contributed by atoms with Crippen LogP contribution in [0.25, 0.3) is 21.7 Å². The van der Waals surface area contributed by atoms with Crippen molar-refractivity contribution in [3.63, 3.8) is 0 Å². The van der Waals surface area contributed by atoms with Crippen molar-refractivity contribution in [3.05, 3.63) is 76.8 Å². The van der Waals surface area contributed by atoms with Crippen LogP contribution in [0.5, 0.6) is 0 Å². The summed E-state index contributed by atoms with van der Waals surface area (Å²) in [5.41, 5.74) is 5.83. The first kappa shape index (κ1) is 12.4. The predicted molar refractivity (Wildman–Crippen MR) is 93.7 cm³/mol. The molecule has 0 bridgehead atoms. The first-order chi connectivity index (χ1) is 10.2. The Morgan fingerprint density at radius 1 is 1.00 bits per heavy atom. The summed E-state index contributed by atoms with van der Waals surface area (Å²) in [4.78, 5) is 1.27. The Bertz CT molecular complexity index is 899. The van der Waals surface area contributed by atoms with Crippen LogP contribution in [0.3, 0.4) is 0 Å². The standard InChI is InChI=1S/C19H15NS/c1-12-11-16-15-8-4-6-10-18(15)21-19(16)13(2)14-7-3-5-9-17(14)20-12/h3-11,20H,2H2,1H3/b12-11-. The minimum Gasteiger partial charge on any atom is -0.359 e. The molecule has 1 aromatic heterocycles. The van der Waals surface area contributed by atoms with Gasteiger partial charge in [0.15, 0.2) is 0 Å². The molecular formula is C19H15NS. The molecule has 1 aliphatic heterocycles. The van der Waals surface area contributed by atoms with Gasteiger partial charge in [-0.15, -0.1) is 11.3 Å². The molecule has 3 aromatic rings. The summed E-state index contributed by atoms with van der Waals surface area (Å²) in [6.45, 7) is 6.47. The number of hydrogen-bond donors (Lipinski definition) is 1. The van der Waals surface area contributed by atoms with E-state index >= 15 is 0 Å². The molecule has 0 atom stereocenters. The molecule has 0 saturated heterocycles. The van der Waals surface area contributed by atoms with Crippen molar-refractivity contribution in [3.8, 4) is 0 Å².